The van der Waals surface area contributed by atoms with Crippen molar-refractivity contribution >= 4 is 23.2 Å². The highest BCUT2D eigenvalue weighted by Gasteiger charge is 2.32. The van der Waals surface area contributed by atoms with E-state index in [0.717, 1.165) is 58.4 Å². The van der Waals surface area contributed by atoms with Crippen molar-refractivity contribution in [2.45, 2.75) is 64.1 Å². The van der Waals surface area contributed by atoms with E-state index >= 15 is 0 Å². The molecule has 2 N–H and O–H groups in total. The molecule has 3 rings (SSSR count). The maximum Gasteiger partial charge on any atom is 0.309 e. The zero-order valence-corrected chi connectivity index (χ0v) is 18.0. The summed E-state index contributed by atoms with van der Waals surface area (Å²) in [6, 6.07) is 4.31. The highest BCUT2D eigenvalue weighted by molar-refractivity contribution is 7.10. The number of likely N-dealkylation sites (N-methyl/N-ethyl adjacent to an activating group) is 1. The molecule has 0 aromatic carbocycles. The first kappa shape index (κ1) is 21.3. The van der Waals surface area contributed by atoms with Crippen molar-refractivity contribution in [3.63, 3.8) is 0 Å². The highest BCUT2D eigenvalue weighted by Crippen LogP contribution is 2.29. The summed E-state index contributed by atoms with van der Waals surface area (Å²) in [7, 11) is 0. The van der Waals surface area contributed by atoms with Crippen LogP contribution in [0.15, 0.2) is 17.5 Å². The molecule has 1 saturated heterocycles. The van der Waals surface area contributed by atoms with Crippen LogP contribution in [0.25, 0.3) is 0 Å². The number of carbonyl (C=O) groups excluding carboxylic acids is 2. The Morgan fingerprint density at radius 3 is 2.46 bits per heavy atom. The van der Waals surface area contributed by atoms with Crippen LogP contribution in [0.2, 0.25) is 0 Å². The lowest BCUT2D eigenvalue weighted by Crippen LogP contribution is -2.54. The second-order valence-electron chi connectivity index (χ2n) is 8.00. The van der Waals surface area contributed by atoms with Gasteiger partial charge >= 0.3 is 11.8 Å². The van der Waals surface area contributed by atoms with Gasteiger partial charge in [0.15, 0.2) is 0 Å². The normalized spacial score (nSPS) is 21.8. The molecule has 1 aliphatic carbocycles. The Labute approximate surface area is 172 Å². The zero-order chi connectivity index (χ0) is 19.9. The van der Waals surface area contributed by atoms with Crippen LogP contribution < -0.4 is 10.6 Å². The summed E-state index contributed by atoms with van der Waals surface area (Å²) in [4.78, 5) is 31.0. The second kappa shape index (κ2) is 10.4. The van der Waals surface area contributed by atoms with E-state index in [9.17, 15) is 9.59 Å². The van der Waals surface area contributed by atoms with Crippen LogP contribution in [0.4, 0.5) is 0 Å². The zero-order valence-electron chi connectivity index (χ0n) is 17.2. The first-order valence-electron chi connectivity index (χ1n) is 10.7. The van der Waals surface area contributed by atoms with Crippen LogP contribution in [-0.2, 0) is 9.59 Å². The summed E-state index contributed by atoms with van der Waals surface area (Å²) in [5.41, 5.74) is 0. The topological polar surface area (TPSA) is 64.7 Å². The molecule has 2 amide bonds. The number of hydrogen-bond acceptors (Lipinski definition) is 5. The molecule has 7 heteroatoms. The number of piperazine rings is 1. The van der Waals surface area contributed by atoms with E-state index in [4.69, 9.17) is 0 Å². The molecule has 1 saturated carbocycles. The van der Waals surface area contributed by atoms with E-state index in [1.54, 1.807) is 11.3 Å². The molecule has 1 aromatic heterocycles. The van der Waals surface area contributed by atoms with Crippen molar-refractivity contribution in [2.75, 3.05) is 32.7 Å². The molecular formula is C21H34N4O2S. The number of carbonyl (C=O) groups is 2. The molecule has 2 fully saturated rings. The van der Waals surface area contributed by atoms with Gasteiger partial charge in [-0.25, -0.2) is 0 Å². The predicted octanol–water partition coefficient (Wildman–Crippen LogP) is 2.38. The summed E-state index contributed by atoms with van der Waals surface area (Å²) in [5, 5.41) is 7.98. The lowest BCUT2D eigenvalue weighted by molar-refractivity contribution is -0.140. The summed E-state index contributed by atoms with van der Waals surface area (Å²) < 4.78 is 0. The van der Waals surface area contributed by atoms with Crippen molar-refractivity contribution in [3.05, 3.63) is 22.4 Å². The molecule has 0 unspecified atom stereocenters. The van der Waals surface area contributed by atoms with Gasteiger partial charge in [-0.2, -0.15) is 0 Å². The quantitative estimate of drug-likeness (QED) is 0.712. The van der Waals surface area contributed by atoms with E-state index < -0.39 is 11.8 Å². The third-order valence-electron chi connectivity index (χ3n) is 6.06. The van der Waals surface area contributed by atoms with E-state index in [2.05, 4.69) is 44.9 Å². The monoisotopic (exact) mass is 406 g/mol. The van der Waals surface area contributed by atoms with Crippen LogP contribution in [-0.4, -0.2) is 66.4 Å². The van der Waals surface area contributed by atoms with Gasteiger partial charge in [-0.1, -0.05) is 32.3 Å². The number of hydrogen-bond donors (Lipinski definition) is 2. The van der Waals surface area contributed by atoms with Crippen molar-refractivity contribution in [1.82, 2.24) is 20.4 Å². The Bertz CT molecular complexity index is 622. The Hall–Kier alpha value is -1.44. The van der Waals surface area contributed by atoms with E-state index in [1.165, 1.54) is 11.3 Å². The predicted molar refractivity (Wildman–Crippen MR) is 113 cm³/mol. The molecule has 0 radical (unpaired) electrons. The maximum absolute atomic E-state index is 12.5. The summed E-state index contributed by atoms with van der Waals surface area (Å²) in [6.07, 6.45) is 5.45. The van der Waals surface area contributed by atoms with Gasteiger partial charge in [0.05, 0.1) is 6.04 Å². The smallest absolute Gasteiger partial charge is 0.309 e. The maximum atomic E-state index is 12.5. The average Bonchev–Trinajstić information content (AvgIpc) is 3.23. The SMILES string of the molecule is CCN1CCN([C@H](c2cccs2)[C@H](C)NC(=O)C(=O)NC2CCCCC2)CC1. The van der Waals surface area contributed by atoms with Crippen LogP contribution in [0.3, 0.4) is 0 Å². The second-order valence-corrected chi connectivity index (χ2v) is 8.98. The minimum absolute atomic E-state index is 0.102. The number of rotatable bonds is 6. The highest BCUT2D eigenvalue weighted by atomic mass is 32.1. The van der Waals surface area contributed by atoms with Gasteiger partial charge in [0.1, 0.15) is 0 Å². The average molecular weight is 407 g/mol. The lowest BCUT2D eigenvalue weighted by atomic mass is 9.95. The number of thiophene rings is 1. The van der Waals surface area contributed by atoms with Gasteiger partial charge in [-0.05, 0) is 37.8 Å². The van der Waals surface area contributed by atoms with Gasteiger partial charge < -0.3 is 15.5 Å². The van der Waals surface area contributed by atoms with Crippen LogP contribution in [0, 0.1) is 0 Å². The molecule has 0 bridgehead atoms. The largest absolute Gasteiger partial charge is 0.345 e. The third kappa shape index (κ3) is 5.55. The van der Waals surface area contributed by atoms with Crippen LogP contribution >= 0.6 is 11.3 Å². The fraction of sp³-hybridized carbons (Fsp3) is 0.714. The van der Waals surface area contributed by atoms with Gasteiger partial charge in [-0.15, -0.1) is 11.3 Å². The van der Waals surface area contributed by atoms with Crippen molar-refractivity contribution in [1.29, 1.82) is 0 Å². The Balaban J connectivity index is 1.60. The molecular weight excluding hydrogens is 372 g/mol. The minimum atomic E-state index is -0.508. The standard InChI is InChI=1S/C21H34N4O2S/c1-3-24-11-13-25(14-12-24)19(18-10-7-15-28-18)16(2)22-20(26)21(27)23-17-8-5-4-6-9-17/h7,10,15-17,19H,3-6,8-9,11-14H2,1-2H3,(H,22,26)(H,23,27)/t16-,19-/m0/s1. The van der Waals surface area contributed by atoms with Gasteiger partial charge in [0.25, 0.3) is 0 Å². The Kier molecular flexibility index (Phi) is 7.88. The number of nitrogens with one attached hydrogen (secondary N) is 2. The fourth-order valence-electron chi connectivity index (χ4n) is 4.41. The van der Waals surface area contributed by atoms with Gasteiger partial charge in [0.2, 0.25) is 0 Å². The molecule has 28 heavy (non-hydrogen) atoms. The molecule has 2 atom stereocenters. The van der Waals surface area contributed by atoms with Crippen LogP contribution in [0.1, 0.15) is 56.9 Å². The molecule has 2 heterocycles. The van der Waals surface area contributed by atoms with Gasteiger partial charge in [-0.3, -0.25) is 14.5 Å². The Morgan fingerprint density at radius 1 is 1.14 bits per heavy atom. The summed E-state index contributed by atoms with van der Waals surface area (Å²) in [6.45, 7) is 9.33. The first-order valence-corrected chi connectivity index (χ1v) is 11.6. The molecule has 6 nitrogen and oxygen atoms in total. The summed E-state index contributed by atoms with van der Waals surface area (Å²) >= 11 is 1.72. The Morgan fingerprint density at radius 2 is 1.86 bits per heavy atom. The van der Waals surface area contributed by atoms with E-state index in [1.807, 2.05) is 6.92 Å². The van der Waals surface area contributed by atoms with Crippen molar-refractivity contribution in [2.24, 2.45) is 0 Å². The number of amides is 2. The van der Waals surface area contributed by atoms with Crippen LogP contribution in [0.5, 0.6) is 0 Å². The van der Waals surface area contributed by atoms with Crippen molar-refractivity contribution in [3.8, 4) is 0 Å². The summed E-state index contributed by atoms with van der Waals surface area (Å²) in [5.74, 6) is -0.994. The first-order chi connectivity index (χ1) is 13.6. The molecule has 0 spiro atoms. The van der Waals surface area contributed by atoms with E-state index in [0.29, 0.717) is 0 Å². The number of nitrogens with zero attached hydrogens (tertiary/aromatic N) is 2. The van der Waals surface area contributed by atoms with Crippen molar-refractivity contribution < 1.29 is 9.59 Å². The lowest BCUT2D eigenvalue weighted by Gasteiger charge is -2.41. The van der Waals surface area contributed by atoms with Gasteiger partial charge in [0, 0.05) is 43.1 Å². The van der Waals surface area contributed by atoms with E-state index in [-0.39, 0.29) is 18.1 Å². The molecule has 1 aliphatic heterocycles. The molecule has 156 valence electrons. The fourth-order valence-corrected chi connectivity index (χ4v) is 5.37. The minimum Gasteiger partial charge on any atom is -0.345 e. The molecule has 2 aliphatic rings. The third-order valence-corrected chi connectivity index (χ3v) is 7.00. The molecule has 1 aromatic rings.